The molecule has 0 radical (unpaired) electrons. The van der Waals surface area contributed by atoms with Crippen LogP contribution in [0, 0.1) is 0 Å². The van der Waals surface area contributed by atoms with Gasteiger partial charge in [0, 0.05) is 4.88 Å². The van der Waals surface area contributed by atoms with E-state index >= 15 is 0 Å². The molecule has 0 fully saturated rings. The number of furan rings is 1. The number of rotatable bonds is 4. The number of nitrogen functional groups attached to an aromatic ring is 1. The van der Waals surface area contributed by atoms with Gasteiger partial charge in [-0.1, -0.05) is 11.8 Å². The molecule has 8 heteroatoms. The Morgan fingerprint density at radius 2 is 2.20 bits per heavy atom. The smallest absolute Gasteiger partial charge is 0.373 e. The van der Waals surface area contributed by atoms with Crippen LogP contribution in [0.2, 0.25) is 0 Å². The molecule has 0 aliphatic heterocycles. The summed E-state index contributed by atoms with van der Waals surface area (Å²) in [5, 5.41) is 1.66. The molecule has 0 unspecified atom stereocenters. The van der Waals surface area contributed by atoms with Crippen LogP contribution in [0.3, 0.4) is 0 Å². The number of hydrogen-bond donors (Lipinski definition) is 1. The summed E-state index contributed by atoms with van der Waals surface area (Å²) in [4.78, 5) is 22.9. The van der Waals surface area contributed by atoms with E-state index in [1.165, 1.54) is 42.2 Å². The molecule has 0 saturated carbocycles. The molecule has 6 nitrogen and oxygen atoms in total. The maximum absolute atomic E-state index is 11.4. The van der Waals surface area contributed by atoms with E-state index in [9.17, 15) is 4.79 Å². The van der Waals surface area contributed by atoms with E-state index in [1.54, 1.807) is 23.5 Å². The summed E-state index contributed by atoms with van der Waals surface area (Å²) in [5.41, 5.74) is 7.56. The van der Waals surface area contributed by atoms with Gasteiger partial charge in [0.15, 0.2) is 5.16 Å². The number of methoxy groups -OCH3 is 1. The Labute approximate surface area is 152 Å². The predicted octanol–water partition coefficient (Wildman–Crippen LogP) is 3.82. The molecule has 1 aliphatic carbocycles. The molecule has 0 atom stereocenters. The number of esters is 1. The van der Waals surface area contributed by atoms with Gasteiger partial charge in [-0.3, -0.25) is 0 Å². The normalized spacial score (nSPS) is 13.8. The largest absolute Gasteiger partial charge is 0.463 e. The number of carbonyl (C=O) groups excluding carboxylic acids is 1. The van der Waals surface area contributed by atoms with Crippen molar-refractivity contribution >= 4 is 45.1 Å². The molecule has 0 bridgehead atoms. The topological polar surface area (TPSA) is 91.2 Å². The van der Waals surface area contributed by atoms with E-state index in [1.807, 2.05) is 0 Å². The highest BCUT2D eigenvalue weighted by Gasteiger charge is 2.20. The third-order valence-corrected chi connectivity index (χ3v) is 6.27. The number of hydrogen-bond acceptors (Lipinski definition) is 8. The fourth-order valence-electron chi connectivity index (χ4n) is 3.03. The van der Waals surface area contributed by atoms with Gasteiger partial charge in [-0.2, -0.15) is 0 Å². The van der Waals surface area contributed by atoms with E-state index in [0.29, 0.717) is 22.5 Å². The molecule has 0 aromatic carbocycles. The van der Waals surface area contributed by atoms with Crippen molar-refractivity contribution in [2.45, 2.75) is 36.6 Å². The Morgan fingerprint density at radius 1 is 1.36 bits per heavy atom. The molecule has 4 rings (SSSR count). The number of carbonyl (C=O) groups is 1. The summed E-state index contributed by atoms with van der Waals surface area (Å²) in [6.07, 6.45) is 4.62. The van der Waals surface area contributed by atoms with Crippen molar-refractivity contribution in [1.82, 2.24) is 9.97 Å². The Bertz CT molecular complexity index is 948. The van der Waals surface area contributed by atoms with Crippen molar-refractivity contribution in [3.8, 4) is 0 Å². The fourth-order valence-corrected chi connectivity index (χ4v) is 5.10. The van der Waals surface area contributed by atoms with Crippen LogP contribution in [0.5, 0.6) is 0 Å². The zero-order chi connectivity index (χ0) is 17.4. The molecular formula is C17H17N3O3S2. The predicted molar refractivity (Wildman–Crippen MR) is 98.1 cm³/mol. The molecule has 0 spiro atoms. The maximum Gasteiger partial charge on any atom is 0.373 e. The number of thiophene rings is 1. The van der Waals surface area contributed by atoms with Crippen LogP contribution >= 0.6 is 23.1 Å². The molecule has 1 aliphatic rings. The van der Waals surface area contributed by atoms with Gasteiger partial charge in [0.05, 0.1) is 18.2 Å². The van der Waals surface area contributed by atoms with Gasteiger partial charge < -0.3 is 14.9 Å². The van der Waals surface area contributed by atoms with Gasteiger partial charge in [-0.15, -0.1) is 11.3 Å². The first-order chi connectivity index (χ1) is 12.2. The van der Waals surface area contributed by atoms with Gasteiger partial charge in [0.2, 0.25) is 5.76 Å². The van der Waals surface area contributed by atoms with Crippen molar-refractivity contribution in [3.63, 3.8) is 0 Å². The lowest BCUT2D eigenvalue weighted by atomic mass is 9.97. The fraction of sp³-hybridized carbons (Fsp3) is 0.353. The maximum atomic E-state index is 11.4. The number of ether oxygens (including phenoxy) is 1. The van der Waals surface area contributed by atoms with Gasteiger partial charge in [-0.25, -0.2) is 14.8 Å². The number of nitrogens with zero attached hydrogens (tertiary/aromatic N) is 2. The minimum atomic E-state index is -0.484. The Morgan fingerprint density at radius 3 is 3.04 bits per heavy atom. The second-order valence-corrected chi connectivity index (χ2v) is 7.85. The van der Waals surface area contributed by atoms with Gasteiger partial charge >= 0.3 is 5.97 Å². The minimum Gasteiger partial charge on any atom is -0.463 e. The van der Waals surface area contributed by atoms with Crippen LogP contribution in [0.15, 0.2) is 21.7 Å². The summed E-state index contributed by atoms with van der Waals surface area (Å²) < 4.78 is 10.1. The SMILES string of the molecule is COC(=O)c1ccc(CSc2nc(N)c3c4c(sc3n2)CCCC4)o1. The molecule has 0 saturated heterocycles. The van der Waals surface area contributed by atoms with Crippen molar-refractivity contribution < 1.29 is 13.9 Å². The van der Waals surface area contributed by atoms with Gasteiger partial charge in [0.25, 0.3) is 0 Å². The second-order valence-electron chi connectivity index (χ2n) is 5.83. The van der Waals surface area contributed by atoms with E-state index in [0.717, 1.165) is 23.1 Å². The third-order valence-electron chi connectivity index (χ3n) is 4.21. The Balaban J connectivity index is 1.56. The zero-order valence-corrected chi connectivity index (χ0v) is 15.3. The Kier molecular flexibility index (Phi) is 4.39. The van der Waals surface area contributed by atoms with Crippen LogP contribution in [-0.4, -0.2) is 23.0 Å². The van der Waals surface area contributed by atoms with E-state index in [2.05, 4.69) is 14.7 Å². The van der Waals surface area contributed by atoms with E-state index in [-0.39, 0.29) is 5.76 Å². The highest BCUT2D eigenvalue weighted by molar-refractivity contribution is 7.98. The first-order valence-corrected chi connectivity index (χ1v) is 9.83. The standard InChI is InChI=1S/C17H17N3O3S2/c1-22-16(21)11-7-6-9(23-11)8-24-17-19-14(18)13-10-4-2-3-5-12(10)25-15(13)20-17/h6-7H,2-5,8H2,1H3,(H2,18,19,20). The molecule has 3 aromatic rings. The van der Waals surface area contributed by atoms with Crippen molar-refractivity contribution in [2.24, 2.45) is 0 Å². The lowest BCUT2D eigenvalue weighted by Gasteiger charge is -2.10. The van der Waals surface area contributed by atoms with Crippen molar-refractivity contribution in [1.29, 1.82) is 0 Å². The minimum absolute atomic E-state index is 0.194. The molecule has 0 amide bonds. The van der Waals surface area contributed by atoms with Crippen LogP contribution in [0.4, 0.5) is 5.82 Å². The number of aromatic nitrogens is 2. The first kappa shape index (κ1) is 16.4. The summed E-state index contributed by atoms with van der Waals surface area (Å²) in [6, 6.07) is 3.36. The third kappa shape index (κ3) is 3.11. The number of thioether (sulfide) groups is 1. The lowest BCUT2D eigenvalue weighted by molar-refractivity contribution is 0.0563. The highest BCUT2D eigenvalue weighted by Crippen LogP contribution is 2.38. The van der Waals surface area contributed by atoms with Crippen molar-refractivity contribution in [2.75, 3.05) is 12.8 Å². The number of fused-ring (bicyclic) bond motifs is 3. The second kappa shape index (κ2) is 6.68. The first-order valence-electron chi connectivity index (χ1n) is 8.03. The average Bonchev–Trinajstić information content (AvgIpc) is 3.23. The molecule has 3 heterocycles. The molecular weight excluding hydrogens is 358 g/mol. The van der Waals surface area contributed by atoms with E-state index in [4.69, 9.17) is 10.2 Å². The average molecular weight is 375 g/mol. The monoisotopic (exact) mass is 375 g/mol. The van der Waals surface area contributed by atoms with Crippen LogP contribution in [0.1, 0.15) is 39.6 Å². The molecule has 3 aromatic heterocycles. The number of anilines is 1. The quantitative estimate of drug-likeness (QED) is 0.421. The van der Waals surface area contributed by atoms with Crippen LogP contribution in [-0.2, 0) is 23.3 Å². The van der Waals surface area contributed by atoms with Crippen LogP contribution < -0.4 is 5.73 Å². The number of aryl methyl sites for hydroxylation is 2. The van der Waals surface area contributed by atoms with Gasteiger partial charge in [-0.05, 0) is 43.4 Å². The van der Waals surface area contributed by atoms with Gasteiger partial charge in [0.1, 0.15) is 16.4 Å². The summed E-state index contributed by atoms with van der Waals surface area (Å²) >= 11 is 3.17. The summed E-state index contributed by atoms with van der Waals surface area (Å²) in [7, 11) is 1.33. The zero-order valence-electron chi connectivity index (χ0n) is 13.7. The lowest BCUT2D eigenvalue weighted by Crippen LogP contribution is -2.01. The molecule has 2 N–H and O–H groups in total. The summed E-state index contributed by atoms with van der Waals surface area (Å²) in [5.74, 6) is 1.45. The van der Waals surface area contributed by atoms with Crippen LogP contribution in [0.25, 0.3) is 10.2 Å². The molecule has 130 valence electrons. The number of nitrogens with two attached hydrogens (primary N) is 1. The summed E-state index contributed by atoms with van der Waals surface area (Å²) in [6.45, 7) is 0. The Hall–Kier alpha value is -2.06. The van der Waals surface area contributed by atoms with E-state index < -0.39 is 5.97 Å². The van der Waals surface area contributed by atoms with Crippen molar-refractivity contribution in [3.05, 3.63) is 34.1 Å². The highest BCUT2D eigenvalue weighted by atomic mass is 32.2. The molecule has 25 heavy (non-hydrogen) atoms.